The van der Waals surface area contributed by atoms with Crippen LogP contribution in [-0.2, 0) is 4.79 Å². The second-order valence-electron chi connectivity index (χ2n) is 8.69. The van der Waals surface area contributed by atoms with Gasteiger partial charge in [0.15, 0.2) is 0 Å². The monoisotopic (exact) mass is 456 g/mol. The lowest BCUT2D eigenvalue weighted by atomic mass is 9.97. The molecule has 2 aromatic carbocycles. The van der Waals surface area contributed by atoms with E-state index in [0.29, 0.717) is 34.0 Å². The minimum absolute atomic E-state index is 0.0691. The summed E-state index contributed by atoms with van der Waals surface area (Å²) in [5.41, 5.74) is 10.1. The van der Waals surface area contributed by atoms with Crippen LogP contribution in [0.5, 0.6) is 5.75 Å². The lowest BCUT2D eigenvalue weighted by Gasteiger charge is -2.20. The lowest BCUT2D eigenvalue weighted by molar-refractivity contribution is -0.115. The Kier molecular flexibility index (Phi) is 6.66. The maximum atomic E-state index is 12.6. The number of hydrogen-bond acceptors (Lipinski definition) is 7. The van der Waals surface area contributed by atoms with Gasteiger partial charge in [0.2, 0.25) is 5.91 Å². The molecule has 174 valence electrons. The van der Waals surface area contributed by atoms with Gasteiger partial charge < -0.3 is 26.4 Å². The number of nitrogens with two attached hydrogens (primary N) is 1. The van der Waals surface area contributed by atoms with Crippen molar-refractivity contribution in [3.63, 3.8) is 0 Å². The zero-order chi connectivity index (χ0) is 24.2. The second kappa shape index (κ2) is 9.81. The molecule has 1 amide bonds. The highest BCUT2D eigenvalue weighted by molar-refractivity contribution is 5.97. The number of aromatic hydroxyl groups is 1. The third-order valence-electron chi connectivity index (χ3n) is 5.82. The van der Waals surface area contributed by atoms with Crippen LogP contribution in [0, 0.1) is 17.2 Å². The molecule has 0 radical (unpaired) electrons. The SMILES string of the molecule is CN(C)c1ccc(-c2cc(-c3ccccc3O)nc(N)c2C#N)cc1NC(=O)CNCC1CC1. The molecule has 1 fully saturated rings. The first-order valence-electron chi connectivity index (χ1n) is 11.2. The molecule has 1 aliphatic rings. The number of aromatic nitrogens is 1. The summed E-state index contributed by atoms with van der Waals surface area (Å²) in [5.74, 6) is 0.697. The van der Waals surface area contributed by atoms with Crippen LogP contribution in [0.3, 0.4) is 0 Å². The number of benzene rings is 2. The number of pyridine rings is 1. The summed E-state index contributed by atoms with van der Waals surface area (Å²) in [6, 6.07) is 16.3. The smallest absolute Gasteiger partial charge is 0.238 e. The molecule has 1 aromatic heterocycles. The zero-order valence-electron chi connectivity index (χ0n) is 19.3. The molecule has 34 heavy (non-hydrogen) atoms. The predicted molar refractivity (Wildman–Crippen MR) is 134 cm³/mol. The summed E-state index contributed by atoms with van der Waals surface area (Å²) in [5, 5.41) is 26.3. The van der Waals surface area contributed by atoms with Gasteiger partial charge >= 0.3 is 0 Å². The normalized spacial score (nSPS) is 12.7. The van der Waals surface area contributed by atoms with Crippen molar-refractivity contribution in [2.24, 2.45) is 5.92 Å². The van der Waals surface area contributed by atoms with E-state index in [4.69, 9.17) is 5.73 Å². The highest BCUT2D eigenvalue weighted by Gasteiger charge is 2.21. The van der Waals surface area contributed by atoms with E-state index in [9.17, 15) is 15.2 Å². The molecule has 3 aromatic rings. The number of phenolic OH excluding ortho intramolecular Hbond substituents is 1. The number of nitrogens with one attached hydrogen (secondary N) is 2. The van der Waals surface area contributed by atoms with E-state index in [1.807, 2.05) is 37.2 Å². The number of nitrogens with zero attached hydrogens (tertiary/aromatic N) is 3. The minimum Gasteiger partial charge on any atom is -0.507 e. The summed E-state index contributed by atoms with van der Waals surface area (Å²) in [7, 11) is 3.80. The Morgan fingerprint density at radius 1 is 1.21 bits per heavy atom. The summed E-state index contributed by atoms with van der Waals surface area (Å²) < 4.78 is 0. The van der Waals surface area contributed by atoms with Gasteiger partial charge in [0.1, 0.15) is 23.2 Å². The van der Waals surface area contributed by atoms with Crippen LogP contribution in [0.2, 0.25) is 0 Å². The van der Waals surface area contributed by atoms with Crippen molar-refractivity contribution in [1.29, 1.82) is 5.26 Å². The number of para-hydroxylation sites is 1. The number of phenols is 1. The molecule has 0 aliphatic heterocycles. The van der Waals surface area contributed by atoms with Crippen LogP contribution in [0.4, 0.5) is 17.2 Å². The van der Waals surface area contributed by atoms with Gasteiger partial charge in [0.05, 0.1) is 23.6 Å². The first-order valence-corrected chi connectivity index (χ1v) is 11.2. The molecule has 4 rings (SSSR count). The Morgan fingerprint density at radius 2 is 1.97 bits per heavy atom. The van der Waals surface area contributed by atoms with E-state index in [-0.39, 0.29) is 29.6 Å². The molecule has 1 heterocycles. The van der Waals surface area contributed by atoms with Gasteiger partial charge in [-0.05, 0) is 61.2 Å². The van der Waals surface area contributed by atoms with Gasteiger partial charge in [-0.15, -0.1) is 0 Å². The molecule has 0 bridgehead atoms. The largest absolute Gasteiger partial charge is 0.507 e. The molecule has 0 atom stereocenters. The number of nitriles is 1. The quantitative estimate of drug-likeness (QED) is 0.408. The second-order valence-corrected chi connectivity index (χ2v) is 8.69. The molecule has 8 nitrogen and oxygen atoms in total. The van der Waals surface area contributed by atoms with E-state index in [2.05, 4.69) is 21.7 Å². The fourth-order valence-corrected chi connectivity index (χ4v) is 3.84. The van der Waals surface area contributed by atoms with Gasteiger partial charge in [0, 0.05) is 25.2 Å². The molecular formula is C26H28N6O2. The van der Waals surface area contributed by atoms with Crippen molar-refractivity contribution in [2.45, 2.75) is 12.8 Å². The standard InChI is InChI=1S/C26H28N6O2/c1-32(2)23-10-9-17(11-22(23)30-25(34)15-29-14-16-7-8-16)19-12-21(31-26(28)20(19)13-27)18-5-3-4-6-24(18)33/h3-6,9-12,16,29,33H,7-8,14-15H2,1-2H3,(H2,28,31)(H,30,34). The van der Waals surface area contributed by atoms with Gasteiger partial charge in [-0.25, -0.2) is 4.98 Å². The number of amides is 1. The van der Waals surface area contributed by atoms with E-state index in [0.717, 1.165) is 12.2 Å². The van der Waals surface area contributed by atoms with Gasteiger partial charge in [0.25, 0.3) is 0 Å². The molecule has 0 unspecified atom stereocenters. The predicted octanol–water partition coefficient (Wildman–Crippen LogP) is 3.58. The fraction of sp³-hybridized carbons (Fsp3) is 0.269. The Labute approximate surface area is 199 Å². The lowest BCUT2D eigenvalue weighted by Crippen LogP contribution is -2.30. The highest BCUT2D eigenvalue weighted by Crippen LogP contribution is 2.37. The maximum absolute atomic E-state index is 12.6. The average Bonchev–Trinajstić information content (AvgIpc) is 3.63. The third-order valence-corrected chi connectivity index (χ3v) is 5.82. The number of nitrogen functional groups attached to an aromatic ring is 1. The van der Waals surface area contributed by atoms with Crippen molar-refractivity contribution >= 4 is 23.1 Å². The molecule has 5 N–H and O–H groups in total. The summed E-state index contributed by atoms with van der Waals surface area (Å²) >= 11 is 0. The molecule has 1 aliphatic carbocycles. The van der Waals surface area contributed by atoms with E-state index < -0.39 is 0 Å². The number of rotatable bonds is 8. The first-order chi connectivity index (χ1) is 16.4. The van der Waals surface area contributed by atoms with Gasteiger partial charge in [-0.3, -0.25) is 4.79 Å². The fourth-order valence-electron chi connectivity index (χ4n) is 3.84. The first kappa shape index (κ1) is 23.1. The Morgan fingerprint density at radius 3 is 2.65 bits per heavy atom. The average molecular weight is 457 g/mol. The van der Waals surface area contributed by atoms with E-state index in [1.165, 1.54) is 12.8 Å². The van der Waals surface area contributed by atoms with Crippen LogP contribution in [0.15, 0.2) is 48.5 Å². The van der Waals surface area contributed by atoms with E-state index in [1.54, 1.807) is 30.3 Å². The van der Waals surface area contributed by atoms with Crippen molar-refractivity contribution in [2.75, 3.05) is 43.1 Å². The van der Waals surface area contributed by atoms with Crippen LogP contribution >= 0.6 is 0 Å². The van der Waals surface area contributed by atoms with Crippen molar-refractivity contribution in [1.82, 2.24) is 10.3 Å². The molecular weight excluding hydrogens is 428 g/mol. The van der Waals surface area contributed by atoms with E-state index >= 15 is 0 Å². The number of carbonyl (C=O) groups excluding carboxylic acids is 1. The highest BCUT2D eigenvalue weighted by atomic mass is 16.3. The van der Waals surface area contributed by atoms with Crippen LogP contribution < -0.4 is 21.3 Å². The maximum Gasteiger partial charge on any atom is 0.238 e. The van der Waals surface area contributed by atoms with Crippen molar-refractivity contribution in [3.05, 3.63) is 54.1 Å². The number of carbonyl (C=O) groups is 1. The summed E-state index contributed by atoms with van der Waals surface area (Å²) in [6.45, 7) is 1.08. The summed E-state index contributed by atoms with van der Waals surface area (Å²) in [6.07, 6.45) is 2.45. The van der Waals surface area contributed by atoms with Gasteiger partial charge in [-0.2, -0.15) is 5.26 Å². The summed E-state index contributed by atoms with van der Waals surface area (Å²) in [4.78, 5) is 18.8. The van der Waals surface area contributed by atoms with Crippen LogP contribution in [0.1, 0.15) is 18.4 Å². The Bertz CT molecular complexity index is 1260. The van der Waals surface area contributed by atoms with Crippen molar-refractivity contribution < 1.29 is 9.90 Å². The Hall–Kier alpha value is -4.09. The Balaban J connectivity index is 1.71. The van der Waals surface area contributed by atoms with Crippen LogP contribution in [0.25, 0.3) is 22.4 Å². The topological polar surface area (TPSA) is 127 Å². The number of hydrogen-bond donors (Lipinski definition) is 4. The molecule has 0 saturated heterocycles. The third kappa shape index (κ3) is 5.11. The zero-order valence-corrected chi connectivity index (χ0v) is 19.3. The molecule has 8 heteroatoms. The molecule has 0 spiro atoms. The number of anilines is 3. The molecule has 1 saturated carbocycles. The minimum atomic E-state index is -0.134. The van der Waals surface area contributed by atoms with Crippen LogP contribution in [-0.4, -0.2) is 43.2 Å². The van der Waals surface area contributed by atoms with Gasteiger partial charge in [-0.1, -0.05) is 18.2 Å². The van der Waals surface area contributed by atoms with Crippen molar-refractivity contribution in [3.8, 4) is 34.2 Å².